The number of nitrogens with one attached hydrogen (secondary N) is 2. The number of hydrogen-bond donors (Lipinski definition) is 2. The van der Waals surface area contributed by atoms with Crippen LogP contribution in [0.4, 0.5) is 11.6 Å². The van der Waals surface area contributed by atoms with E-state index in [1.165, 1.54) is 37.4 Å². The average molecular weight is 638 g/mol. The standard InChI is InChI=1S/C32H47N5O5Si2/c1-22-19-26-27(44(6,7)18-17-43(26,4)5)21-23(22)20-24-9-10-25(42-24)29(38)34-28-30(39-2)35-32(36-31(28)40-3)33-11-8-12-37-13-15-41-16-14-37/h9-10,19,21H,8,11-18,20H2,1-7H3,(H,34,38)(H,33,35,36). The predicted octanol–water partition coefficient (Wildman–Crippen LogP) is 4.22. The van der Waals surface area contributed by atoms with Crippen LogP contribution in [0.5, 0.6) is 11.8 Å². The number of aromatic nitrogens is 2. The Labute approximate surface area is 262 Å². The molecule has 12 heteroatoms. The largest absolute Gasteiger partial charge is 0.479 e. The van der Waals surface area contributed by atoms with Crippen molar-refractivity contribution in [3.05, 3.63) is 46.9 Å². The first-order chi connectivity index (χ1) is 21.0. The number of aryl methyl sites for hydroxylation is 1. The van der Waals surface area contributed by atoms with Gasteiger partial charge in [0.2, 0.25) is 17.7 Å². The Morgan fingerprint density at radius 3 is 2.25 bits per heavy atom. The fraction of sp³-hybridized carbons (Fsp3) is 0.531. The van der Waals surface area contributed by atoms with Gasteiger partial charge in [-0.15, -0.1) is 0 Å². The Morgan fingerprint density at radius 1 is 0.977 bits per heavy atom. The fourth-order valence-corrected chi connectivity index (χ4v) is 16.5. The Hall–Kier alpha value is -3.20. The first kappa shape index (κ1) is 32.2. The Bertz CT molecular complexity index is 1460. The van der Waals surface area contributed by atoms with E-state index >= 15 is 0 Å². The Balaban J connectivity index is 1.26. The SMILES string of the molecule is COc1nc(NCCCN2CCOCC2)nc(OC)c1NC(=O)c1ccc(Cc2cc3c(cc2C)[Si](C)(C)CC[Si]3(C)C)o1. The van der Waals surface area contributed by atoms with Crippen LogP contribution in [-0.4, -0.2) is 90.5 Å². The number of fused-ring (bicyclic) bond motifs is 1. The summed E-state index contributed by atoms with van der Waals surface area (Å²) in [6.07, 6.45) is 1.57. The quantitative estimate of drug-likeness (QED) is 0.236. The first-order valence-corrected chi connectivity index (χ1v) is 22.0. The van der Waals surface area contributed by atoms with Crippen molar-refractivity contribution in [2.75, 3.05) is 64.2 Å². The van der Waals surface area contributed by atoms with E-state index in [0.29, 0.717) is 18.9 Å². The molecule has 1 aromatic carbocycles. The molecule has 2 aliphatic rings. The summed E-state index contributed by atoms with van der Waals surface area (Å²) in [5.74, 6) is 1.30. The molecule has 44 heavy (non-hydrogen) atoms. The summed E-state index contributed by atoms with van der Waals surface area (Å²) in [6.45, 7) is 17.3. The van der Waals surface area contributed by atoms with Gasteiger partial charge >= 0.3 is 0 Å². The van der Waals surface area contributed by atoms with Crippen molar-refractivity contribution in [1.82, 2.24) is 14.9 Å². The molecule has 0 bridgehead atoms. The van der Waals surface area contributed by atoms with Gasteiger partial charge in [0.05, 0.1) is 43.6 Å². The normalized spacial score (nSPS) is 17.5. The van der Waals surface area contributed by atoms with E-state index in [1.807, 2.05) is 6.07 Å². The number of nitrogens with zero attached hydrogens (tertiary/aromatic N) is 3. The second kappa shape index (κ2) is 13.4. The number of methoxy groups -OCH3 is 2. The van der Waals surface area contributed by atoms with Gasteiger partial charge in [-0.2, -0.15) is 9.97 Å². The van der Waals surface area contributed by atoms with Gasteiger partial charge in [-0.05, 0) is 43.1 Å². The topological polar surface area (TPSA) is 111 Å². The number of anilines is 2. The minimum Gasteiger partial charge on any atom is -0.479 e. The summed E-state index contributed by atoms with van der Waals surface area (Å²) < 4.78 is 22.5. The highest BCUT2D eigenvalue weighted by molar-refractivity contribution is 7.03. The molecule has 238 valence electrons. The molecule has 0 atom stereocenters. The van der Waals surface area contributed by atoms with Crippen LogP contribution >= 0.6 is 0 Å². The van der Waals surface area contributed by atoms with Crippen LogP contribution in [0.1, 0.15) is 33.9 Å². The third-order valence-corrected chi connectivity index (χ3v) is 16.6. The zero-order valence-electron chi connectivity index (χ0n) is 27.3. The van der Waals surface area contributed by atoms with Crippen LogP contribution in [0.25, 0.3) is 0 Å². The van der Waals surface area contributed by atoms with E-state index in [0.717, 1.165) is 45.0 Å². The maximum atomic E-state index is 13.3. The first-order valence-electron chi connectivity index (χ1n) is 15.6. The van der Waals surface area contributed by atoms with Gasteiger partial charge in [-0.1, -0.05) is 60.8 Å². The molecule has 0 unspecified atom stereocenters. The van der Waals surface area contributed by atoms with Crippen LogP contribution in [0.2, 0.25) is 38.3 Å². The number of furan rings is 1. The monoisotopic (exact) mass is 637 g/mol. The Morgan fingerprint density at radius 2 is 1.61 bits per heavy atom. The smallest absolute Gasteiger partial charge is 0.291 e. The lowest BCUT2D eigenvalue weighted by atomic mass is 10.0. The van der Waals surface area contributed by atoms with Crippen molar-refractivity contribution in [3.63, 3.8) is 0 Å². The minimum absolute atomic E-state index is 0.202. The van der Waals surface area contributed by atoms with E-state index in [2.05, 4.69) is 70.7 Å². The second-order valence-corrected chi connectivity index (χ2v) is 22.8. The van der Waals surface area contributed by atoms with Crippen LogP contribution < -0.4 is 30.5 Å². The summed E-state index contributed by atoms with van der Waals surface area (Å²) in [7, 11) is 0.115. The molecule has 5 rings (SSSR count). The van der Waals surface area contributed by atoms with Crippen LogP contribution in [0, 0.1) is 6.92 Å². The summed E-state index contributed by atoms with van der Waals surface area (Å²) in [5.41, 5.74) is 2.81. The highest BCUT2D eigenvalue weighted by atomic mass is 28.3. The maximum absolute atomic E-state index is 13.3. The summed E-state index contributed by atoms with van der Waals surface area (Å²) in [5, 5.41) is 9.33. The van der Waals surface area contributed by atoms with E-state index in [-0.39, 0.29) is 23.2 Å². The molecule has 1 amide bonds. The van der Waals surface area contributed by atoms with Crippen LogP contribution in [0.15, 0.2) is 28.7 Å². The van der Waals surface area contributed by atoms with Gasteiger partial charge < -0.3 is 29.3 Å². The predicted molar refractivity (Wildman–Crippen MR) is 180 cm³/mol. The zero-order chi connectivity index (χ0) is 31.5. The lowest BCUT2D eigenvalue weighted by Gasteiger charge is -2.40. The highest BCUT2D eigenvalue weighted by Crippen LogP contribution is 2.33. The number of rotatable bonds is 11. The number of ether oxygens (including phenoxy) is 3. The molecule has 1 saturated heterocycles. The maximum Gasteiger partial charge on any atom is 0.291 e. The molecular formula is C32H47N5O5Si2. The number of carbonyl (C=O) groups excluding carboxylic acids is 1. The molecular weight excluding hydrogens is 591 g/mol. The van der Waals surface area contributed by atoms with E-state index in [4.69, 9.17) is 18.6 Å². The van der Waals surface area contributed by atoms with Crippen molar-refractivity contribution >= 4 is 44.1 Å². The minimum atomic E-state index is -1.47. The van der Waals surface area contributed by atoms with Crippen molar-refractivity contribution in [2.45, 2.75) is 58.0 Å². The number of carbonyl (C=O) groups is 1. The number of benzene rings is 1. The summed E-state index contributed by atoms with van der Waals surface area (Å²) in [4.78, 5) is 24.6. The average Bonchev–Trinajstić information content (AvgIpc) is 3.48. The van der Waals surface area contributed by atoms with E-state index < -0.39 is 22.1 Å². The summed E-state index contributed by atoms with van der Waals surface area (Å²) in [6, 6.07) is 11.2. The van der Waals surface area contributed by atoms with Crippen molar-refractivity contribution < 1.29 is 23.4 Å². The summed E-state index contributed by atoms with van der Waals surface area (Å²) >= 11 is 0. The fourth-order valence-electron chi connectivity index (χ4n) is 6.14. The highest BCUT2D eigenvalue weighted by Gasteiger charge is 2.39. The van der Waals surface area contributed by atoms with Crippen molar-refractivity contribution in [3.8, 4) is 11.8 Å². The van der Waals surface area contributed by atoms with Crippen molar-refractivity contribution in [2.24, 2.45) is 0 Å². The van der Waals surface area contributed by atoms with Crippen molar-refractivity contribution in [1.29, 1.82) is 0 Å². The molecule has 4 heterocycles. The molecule has 3 aromatic rings. The van der Waals surface area contributed by atoms with Gasteiger partial charge in [0.1, 0.15) is 5.76 Å². The number of hydrogen-bond acceptors (Lipinski definition) is 9. The molecule has 0 spiro atoms. The third kappa shape index (κ3) is 7.19. The zero-order valence-corrected chi connectivity index (χ0v) is 29.3. The van der Waals surface area contributed by atoms with Gasteiger partial charge in [-0.3, -0.25) is 9.69 Å². The molecule has 1 fully saturated rings. The molecule has 2 aromatic heterocycles. The lowest BCUT2D eigenvalue weighted by molar-refractivity contribution is 0.0378. The number of morpholine rings is 1. The van der Waals surface area contributed by atoms with Gasteiger partial charge in [0.25, 0.3) is 5.91 Å². The van der Waals surface area contributed by atoms with Gasteiger partial charge in [0.15, 0.2) is 11.4 Å². The third-order valence-electron chi connectivity index (χ3n) is 9.07. The second-order valence-electron chi connectivity index (χ2n) is 13.2. The van der Waals surface area contributed by atoms with Crippen LogP contribution in [-0.2, 0) is 11.2 Å². The lowest BCUT2D eigenvalue weighted by Crippen LogP contribution is -2.63. The molecule has 0 saturated carbocycles. The number of amides is 1. The van der Waals surface area contributed by atoms with E-state index in [1.54, 1.807) is 16.4 Å². The van der Waals surface area contributed by atoms with Crippen LogP contribution in [0.3, 0.4) is 0 Å². The molecule has 2 N–H and O–H groups in total. The molecule has 0 radical (unpaired) electrons. The van der Waals surface area contributed by atoms with Gasteiger partial charge in [-0.25, -0.2) is 0 Å². The van der Waals surface area contributed by atoms with Gasteiger partial charge in [0, 0.05) is 26.1 Å². The Kier molecular flexibility index (Phi) is 9.83. The molecule has 0 aliphatic carbocycles. The molecule has 10 nitrogen and oxygen atoms in total. The molecule has 2 aliphatic heterocycles. The van der Waals surface area contributed by atoms with E-state index in [9.17, 15) is 4.79 Å².